The SMILES string of the molecule is CC(O)(CNC1CC1)C1CCOCC1. The first-order chi connectivity index (χ1) is 6.68. The molecule has 2 fully saturated rings. The zero-order valence-electron chi connectivity index (χ0n) is 8.96. The summed E-state index contributed by atoms with van der Waals surface area (Å²) in [4.78, 5) is 0. The quantitative estimate of drug-likeness (QED) is 0.707. The molecule has 0 spiro atoms. The zero-order valence-corrected chi connectivity index (χ0v) is 8.96. The Morgan fingerprint density at radius 1 is 1.29 bits per heavy atom. The third-order valence-electron chi connectivity index (χ3n) is 3.43. The summed E-state index contributed by atoms with van der Waals surface area (Å²) in [5, 5.41) is 13.7. The molecule has 1 unspecified atom stereocenters. The first-order valence-electron chi connectivity index (χ1n) is 5.72. The molecule has 1 saturated heterocycles. The molecule has 2 rings (SSSR count). The van der Waals surface area contributed by atoms with Gasteiger partial charge in [-0.05, 0) is 38.5 Å². The van der Waals surface area contributed by atoms with Crippen LogP contribution in [-0.4, -0.2) is 36.5 Å². The van der Waals surface area contributed by atoms with Gasteiger partial charge in [-0.2, -0.15) is 0 Å². The van der Waals surface area contributed by atoms with E-state index in [-0.39, 0.29) is 0 Å². The Kier molecular flexibility index (Phi) is 3.10. The normalized spacial score (nSPS) is 28.7. The third-order valence-corrected chi connectivity index (χ3v) is 3.43. The molecule has 3 nitrogen and oxygen atoms in total. The molecule has 1 saturated carbocycles. The molecule has 2 N–H and O–H groups in total. The van der Waals surface area contributed by atoms with E-state index in [0.717, 1.165) is 32.6 Å². The Hall–Kier alpha value is -0.120. The molecule has 1 atom stereocenters. The fraction of sp³-hybridized carbons (Fsp3) is 1.00. The van der Waals surface area contributed by atoms with E-state index < -0.39 is 5.60 Å². The number of hydrogen-bond donors (Lipinski definition) is 2. The van der Waals surface area contributed by atoms with Gasteiger partial charge in [-0.25, -0.2) is 0 Å². The average molecular weight is 199 g/mol. The monoisotopic (exact) mass is 199 g/mol. The molecule has 3 heteroatoms. The lowest BCUT2D eigenvalue weighted by Gasteiger charge is -2.35. The Bertz CT molecular complexity index is 184. The number of rotatable bonds is 4. The molecule has 0 aromatic rings. The van der Waals surface area contributed by atoms with Crippen molar-refractivity contribution in [1.82, 2.24) is 5.32 Å². The van der Waals surface area contributed by atoms with E-state index in [4.69, 9.17) is 4.74 Å². The molecule has 1 heterocycles. The molecule has 2 aliphatic rings. The van der Waals surface area contributed by atoms with Gasteiger partial charge >= 0.3 is 0 Å². The lowest BCUT2D eigenvalue weighted by Crippen LogP contribution is -2.46. The maximum absolute atomic E-state index is 10.3. The molecule has 14 heavy (non-hydrogen) atoms. The highest BCUT2D eigenvalue weighted by Crippen LogP contribution is 2.28. The summed E-state index contributed by atoms with van der Waals surface area (Å²) in [7, 11) is 0. The van der Waals surface area contributed by atoms with Crippen LogP contribution in [0.4, 0.5) is 0 Å². The van der Waals surface area contributed by atoms with Gasteiger partial charge in [0, 0.05) is 25.8 Å². The Morgan fingerprint density at radius 3 is 2.50 bits per heavy atom. The van der Waals surface area contributed by atoms with Crippen molar-refractivity contribution in [3.8, 4) is 0 Å². The topological polar surface area (TPSA) is 41.5 Å². The van der Waals surface area contributed by atoms with E-state index in [2.05, 4.69) is 5.32 Å². The fourth-order valence-corrected chi connectivity index (χ4v) is 2.10. The van der Waals surface area contributed by atoms with Gasteiger partial charge in [-0.3, -0.25) is 0 Å². The van der Waals surface area contributed by atoms with Gasteiger partial charge < -0.3 is 15.2 Å². The minimum Gasteiger partial charge on any atom is -0.389 e. The molecule has 1 aliphatic carbocycles. The molecular formula is C11H21NO2. The second-order valence-corrected chi connectivity index (χ2v) is 4.90. The van der Waals surface area contributed by atoms with E-state index in [1.807, 2.05) is 6.92 Å². The highest BCUT2D eigenvalue weighted by molar-refractivity contribution is 4.89. The molecule has 0 bridgehead atoms. The smallest absolute Gasteiger partial charge is 0.0773 e. The summed E-state index contributed by atoms with van der Waals surface area (Å²) in [5.41, 5.74) is -0.549. The minimum atomic E-state index is -0.549. The zero-order chi connectivity index (χ0) is 10.0. The van der Waals surface area contributed by atoms with E-state index >= 15 is 0 Å². The maximum atomic E-state index is 10.3. The first-order valence-corrected chi connectivity index (χ1v) is 5.72. The van der Waals surface area contributed by atoms with Crippen molar-refractivity contribution in [2.24, 2.45) is 5.92 Å². The maximum Gasteiger partial charge on any atom is 0.0773 e. The Morgan fingerprint density at radius 2 is 1.93 bits per heavy atom. The molecule has 1 aliphatic heterocycles. The van der Waals surface area contributed by atoms with Gasteiger partial charge in [-0.15, -0.1) is 0 Å². The van der Waals surface area contributed by atoms with E-state index in [0.29, 0.717) is 12.0 Å². The van der Waals surface area contributed by atoms with Crippen LogP contribution in [0.2, 0.25) is 0 Å². The summed E-state index contributed by atoms with van der Waals surface area (Å²) in [6.45, 7) is 4.31. The van der Waals surface area contributed by atoms with Gasteiger partial charge in [-0.1, -0.05) is 0 Å². The van der Waals surface area contributed by atoms with Crippen LogP contribution in [0, 0.1) is 5.92 Å². The van der Waals surface area contributed by atoms with Gasteiger partial charge in [0.2, 0.25) is 0 Å². The van der Waals surface area contributed by atoms with E-state index in [1.54, 1.807) is 0 Å². The second-order valence-electron chi connectivity index (χ2n) is 4.90. The van der Waals surface area contributed by atoms with Crippen LogP contribution in [-0.2, 0) is 4.74 Å². The van der Waals surface area contributed by atoms with Crippen molar-refractivity contribution in [2.45, 2.75) is 44.2 Å². The summed E-state index contributed by atoms with van der Waals surface area (Å²) >= 11 is 0. The average Bonchev–Trinajstić information content (AvgIpc) is 3.00. The Balaban J connectivity index is 1.78. The van der Waals surface area contributed by atoms with Crippen LogP contribution in [0.5, 0.6) is 0 Å². The largest absolute Gasteiger partial charge is 0.389 e. The molecule has 0 amide bonds. The number of ether oxygens (including phenoxy) is 1. The van der Waals surface area contributed by atoms with Crippen molar-refractivity contribution in [3.63, 3.8) is 0 Å². The van der Waals surface area contributed by atoms with Crippen molar-refractivity contribution in [3.05, 3.63) is 0 Å². The molecule has 0 aromatic carbocycles. The number of nitrogens with one attached hydrogen (secondary N) is 1. The molecule has 82 valence electrons. The highest BCUT2D eigenvalue weighted by Gasteiger charge is 2.34. The van der Waals surface area contributed by atoms with E-state index in [1.165, 1.54) is 12.8 Å². The summed E-state index contributed by atoms with van der Waals surface area (Å²) < 4.78 is 5.30. The van der Waals surface area contributed by atoms with Crippen LogP contribution in [0.3, 0.4) is 0 Å². The van der Waals surface area contributed by atoms with Crippen LogP contribution in [0.1, 0.15) is 32.6 Å². The van der Waals surface area contributed by atoms with Gasteiger partial charge in [0.1, 0.15) is 0 Å². The van der Waals surface area contributed by atoms with Gasteiger partial charge in [0.15, 0.2) is 0 Å². The van der Waals surface area contributed by atoms with Crippen molar-refractivity contribution < 1.29 is 9.84 Å². The first kappa shape index (κ1) is 10.4. The van der Waals surface area contributed by atoms with Gasteiger partial charge in [0.25, 0.3) is 0 Å². The number of hydrogen-bond acceptors (Lipinski definition) is 3. The third kappa shape index (κ3) is 2.69. The fourth-order valence-electron chi connectivity index (χ4n) is 2.10. The van der Waals surface area contributed by atoms with Crippen LogP contribution >= 0.6 is 0 Å². The second kappa shape index (κ2) is 4.17. The minimum absolute atomic E-state index is 0.405. The number of aliphatic hydroxyl groups is 1. The predicted molar refractivity (Wildman–Crippen MR) is 55.2 cm³/mol. The standard InChI is InChI=1S/C11H21NO2/c1-11(13,8-12-10-2-3-10)9-4-6-14-7-5-9/h9-10,12-13H,2-8H2,1H3. The van der Waals surface area contributed by atoms with Gasteiger partial charge in [0.05, 0.1) is 5.60 Å². The Labute approximate surface area is 85.8 Å². The molecular weight excluding hydrogens is 178 g/mol. The molecule has 0 radical (unpaired) electrons. The lowest BCUT2D eigenvalue weighted by atomic mass is 9.83. The van der Waals surface area contributed by atoms with Crippen molar-refractivity contribution in [2.75, 3.05) is 19.8 Å². The summed E-state index contributed by atoms with van der Waals surface area (Å²) in [6, 6.07) is 0.682. The van der Waals surface area contributed by atoms with Crippen LogP contribution < -0.4 is 5.32 Å². The predicted octanol–water partition coefficient (Wildman–Crippen LogP) is 0.916. The van der Waals surface area contributed by atoms with Crippen molar-refractivity contribution in [1.29, 1.82) is 0 Å². The van der Waals surface area contributed by atoms with Crippen molar-refractivity contribution >= 4 is 0 Å². The summed E-state index contributed by atoms with van der Waals surface area (Å²) in [6.07, 6.45) is 4.56. The van der Waals surface area contributed by atoms with E-state index in [9.17, 15) is 5.11 Å². The summed E-state index contributed by atoms with van der Waals surface area (Å²) in [5.74, 6) is 0.405. The lowest BCUT2D eigenvalue weighted by molar-refractivity contribution is -0.0522. The molecule has 0 aromatic heterocycles. The highest BCUT2D eigenvalue weighted by atomic mass is 16.5. The van der Waals surface area contributed by atoms with Crippen LogP contribution in [0.15, 0.2) is 0 Å². The van der Waals surface area contributed by atoms with Crippen LogP contribution in [0.25, 0.3) is 0 Å².